The smallest absolute Gasteiger partial charge is 0.266 e. The van der Waals surface area contributed by atoms with Gasteiger partial charge in [0.05, 0.1) is 5.52 Å². The number of rotatable bonds is 2. The molecule has 7 heteroatoms. The van der Waals surface area contributed by atoms with Gasteiger partial charge in [0.1, 0.15) is 0 Å². The van der Waals surface area contributed by atoms with Crippen LogP contribution in [-0.2, 0) is 9.59 Å². The summed E-state index contributed by atoms with van der Waals surface area (Å²) in [5.41, 5.74) is 2.02. The molecule has 1 atom stereocenters. The first-order valence-electron chi connectivity index (χ1n) is 6.70. The number of piperidine rings is 1. The molecule has 2 heterocycles. The van der Waals surface area contributed by atoms with Crippen LogP contribution in [0.2, 0.25) is 0 Å². The Balaban J connectivity index is 1.73. The number of carbonyl (C=O) groups excluding carboxylic acids is 2. The Morgan fingerprint density at radius 3 is 3.10 bits per heavy atom. The summed E-state index contributed by atoms with van der Waals surface area (Å²) in [6, 6.07) is 5.29. The lowest BCUT2D eigenvalue weighted by Gasteiger charge is -2.27. The van der Waals surface area contributed by atoms with Crippen molar-refractivity contribution in [3.8, 4) is 0 Å². The van der Waals surface area contributed by atoms with Gasteiger partial charge >= 0.3 is 0 Å². The van der Waals surface area contributed by atoms with Crippen molar-refractivity contribution < 1.29 is 14.0 Å². The maximum Gasteiger partial charge on any atom is 0.266 e. The number of amides is 2. The van der Waals surface area contributed by atoms with Gasteiger partial charge in [0.15, 0.2) is 5.58 Å². The Bertz CT molecular complexity index is 764. The lowest BCUT2D eigenvalue weighted by atomic mass is 9.95. The molecular formula is C14H15N3O3S. The summed E-state index contributed by atoms with van der Waals surface area (Å²) >= 11 is 4.92. The molecular weight excluding hydrogens is 290 g/mol. The van der Waals surface area contributed by atoms with E-state index < -0.39 is 0 Å². The van der Waals surface area contributed by atoms with Crippen LogP contribution >= 0.6 is 12.2 Å². The molecule has 2 N–H and O–H groups in total. The highest BCUT2D eigenvalue weighted by atomic mass is 32.1. The normalized spacial score (nSPS) is 19.0. The molecule has 1 saturated heterocycles. The number of nitrogens with zero attached hydrogens (tertiary/aromatic N) is 1. The van der Waals surface area contributed by atoms with E-state index in [1.807, 2.05) is 0 Å². The van der Waals surface area contributed by atoms with Crippen molar-refractivity contribution in [3.05, 3.63) is 23.0 Å². The molecule has 1 aliphatic heterocycles. The van der Waals surface area contributed by atoms with Crippen molar-refractivity contribution in [1.82, 2.24) is 9.88 Å². The molecule has 0 aliphatic carbocycles. The van der Waals surface area contributed by atoms with Gasteiger partial charge in [-0.3, -0.25) is 9.59 Å². The van der Waals surface area contributed by atoms with Crippen LogP contribution in [0.1, 0.15) is 12.8 Å². The number of nitrogens with one attached hydrogen (secondary N) is 2. The van der Waals surface area contributed by atoms with Crippen LogP contribution in [0.3, 0.4) is 0 Å². The number of fused-ring (bicyclic) bond motifs is 1. The van der Waals surface area contributed by atoms with Gasteiger partial charge in [-0.25, -0.2) is 0 Å². The Morgan fingerprint density at radius 2 is 2.33 bits per heavy atom. The van der Waals surface area contributed by atoms with Gasteiger partial charge in [0.25, 0.3) is 4.84 Å². The molecule has 21 heavy (non-hydrogen) atoms. The molecule has 0 unspecified atom stereocenters. The number of H-pyrrole nitrogens is 1. The SMILES string of the molecule is CN1CC[C@@H](C(=O)Nc2ccc3[nH]c(=S)oc3c2)CC1=O. The highest BCUT2D eigenvalue weighted by Crippen LogP contribution is 2.22. The Morgan fingerprint density at radius 1 is 1.52 bits per heavy atom. The van der Waals surface area contributed by atoms with Crippen LogP contribution in [0.25, 0.3) is 11.1 Å². The van der Waals surface area contributed by atoms with Crippen LogP contribution < -0.4 is 5.32 Å². The molecule has 1 aromatic carbocycles. The van der Waals surface area contributed by atoms with Crippen molar-refractivity contribution in [2.75, 3.05) is 18.9 Å². The predicted octanol–water partition coefficient (Wildman–Crippen LogP) is 2.30. The third-order valence-corrected chi connectivity index (χ3v) is 3.90. The molecule has 6 nitrogen and oxygen atoms in total. The zero-order chi connectivity index (χ0) is 15.0. The van der Waals surface area contributed by atoms with Crippen LogP contribution in [0.4, 0.5) is 5.69 Å². The summed E-state index contributed by atoms with van der Waals surface area (Å²) in [6.07, 6.45) is 0.941. The summed E-state index contributed by atoms with van der Waals surface area (Å²) in [5.74, 6) is -0.403. The van der Waals surface area contributed by atoms with Crippen LogP contribution in [0.15, 0.2) is 22.6 Å². The largest absolute Gasteiger partial charge is 0.429 e. The van der Waals surface area contributed by atoms with E-state index in [2.05, 4.69) is 10.3 Å². The minimum atomic E-state index is -0.276. The van der Waals surface area contributed by atoms with E-state index in [4.69, 9.17) is 16.6 Å². The molecule has 110 valence electrons. The first-order valence-corrected chi connectivity index (χ1v) is 7.11. The van der Waals surface area contributed by atoms with Gasteiger partial charge in [0, 0.05) is 37.7 Å². The number of oxazole rings is 1. The number of aromatic amines is 1. The van der Waals surface area contributed by atoms with E-state index in [-0.39, 0.29) is 24.2 Å². The number of hydrogen-bond donors (Lipinski definition) is 2. The summed E-state index contributed by atoms with van der Waals surface area (Å²) in [5, 5.41) is 2.83. The van der Waals surface area contributed by atoms with Crippen LogP contribution in [0.5, 0.6) is 0 Å². The first kappa shape index (κ1) is 13.8. The Hall–Kier alpha value is -2.15. The minimum absolute atomic E-state index is 0.00763. The molecule has 0 bridgehead atoms. The van der Waals surface area contributed by atoms with E-state index in [0.717, 1.165) is 5.52 Å². The van der Waals surface area contributed by atoms with E-state index in [1.54, 1.807) is 30.1 Å². The van der Waals surface area contributed by atoms with E-state index in [1.165, 1.54) is 0 Å². The zero-order valence-corrected chi connectivity index (χ0v) is 12.3. The number of carbonyl (C=O) groups is 2. The second-order valence-corrected chi connectivity index (χ2v) is 5.59. The van der Waals surface area contributed by atoms with Crippen molar-refractivity contribution in [2.24, 2.45) is 5.92 Å². The van der Waals surface area contributed by atoms with Crippen molar-refractivity contribution >= 4 is 40.8 Å². The topological polar surface area (TPSA) is 78.3 Å². The molecule has 0 saturated carbocycles. The predicted molar refractivity (Wildman–Crippen MR) is 80.4 cm³/mol. The van der Waals surface area contributed by atoms with Crippen molar-refractivity contribution in [3.63, 3.8) is 0 Å². The van der Waals surface area contributed by atoms with Crippen LogP contribution in [-0.4, -0.2) is 35.3 Å². The maximum absolute atomic E-state index is 12.2. The number of benzene rings is 1. The highest BCUT2D eigenvalue weighted by molar-refractivity contribution is 7.71. The number of aromatic nitrogens is 1. The minimum Gasteiger partial charge on any atom is -0.429 e. The molecule has 2 amide bonds. The molecule has 0 radical (unpaired) electrons. The highest BCUT2D eigenvalue weighted by Gasteiger charge is 2.28. The number of likely N-dealkylation sites (tertiary alicyclic amines) is 1. The molecule has 3 rings (SSSR count). The third kappa shape index (κ3) is 2.82. The van der Waals surface area contributed by atoms with Gasteiger partial charge in [-0.1, -0.05) is 0 Å². The first-order chi connectivity index (χ1) is 10.0. The van der Waals surface area contributed by atoms with Crippen molar-refractivity contribution in [2.45, 2.75) is 12.8 Å². The molecule has 1 aromatic heterocycles. The zero-order valence-electron chi connectivity index (χ0n) is 11.5. The lowest BCUT2D eigenvalue weighted by Crippen LogP contribution is -2.39. The van der Waals surface area contributed by atoms with Crippen LogP contribution in [0, 0.1) is 10.8 Å². The average Bonchev–Trinajstić information content (AvgIpc) is 2.81. The quantitative estimate of drug-likeness (QED) is 0.835. The number of anilines is 1. The van der Waals surface area contributed by atoms with E-state index in [0.29, 0.717) is 29.1 Å². The second-order valence-electron chi connectivity index (χ2n) is 5.22. The fourth-order valence-electron chi connectivity index (χ4n) is 2.43. The van der Waals surface area contributed by atoms with Gasteiger partial charge in [0.2, 0.25) is 11.8 Å². The number of hydrogen-bond acceptors (Lipinski definition) is 4. The summed E-state index contributed by atoms with van der Waals surface area (Å²) in [6.45, 7) is 0.614. The summed E-state index contributed by atoms with van der Waals surface area (Å²) < 4.78 is 5.31. The monoisotopic (exact) mass is 305 g/mol. The van der Waals surface area contributed by atoms with E-state index in [9.17, 15) is 9.59 Å². The molecule has 1 aliphatic rings. The third-order valence-electron chi connectivity index (χ3n) is 3.72. The van der Waals surface area contributed by atoms with Gasteiger partial charge < -0.3 is 19.6 Å². The Labute approximate surface area is 126 Å². The summed E-state index contributed by atoms with van der Waals surface area (Å²) in [7, 11) is 1.75. The summed E-state index contributed by atoms with van der Waals surface area (Å²) in [4.78, 5) is 28.7. The van der Waals surface area contributed by atoms with E-state index >= 15 is 0 Å². The molecule has 1 fully saturated rings. The average molecular weight is 305 g/mol. The fourth-order valence-corrected chi connectivity index (χ4v) is 2.63. The maximum atomic E-state index is 12.2. The second kappa shape index (κ2) is 5.33. The van der Waals surface area contributed by atoms with Gasteiger partial charge in [-0.05, 0) is 30.8 Å². The Kier molecular flexibility index (Phi) is 3.50. The van der Waals surface area contributed by atoms with Gasteiger partial charge in [-0.15, -0.1) is 0 Å². The van der Waals surface area contributed by atoms with Crippen molar-refractivity contribution in [1.29, 1.82) is 0 Å². The fraction of sp³-hybridized carbons (Fsp3) is 0.357. The lowest BCUT2D eigenvalue weighted by molar-refractivity contribution is -0.137. The molecule has 0 spiro atoms. The molecule has 2 aromatic rings. The standard InChI is InChI=1S/C14H15N3O3S/c1-17-5-4-8(6-12(17)18)13(19)15-9-2-3-10-11(7-9)20-14(21)16-10/h2-3,7-8H,4-6H2,1H3,(H,15,19)(H,16,21)/t8-/m1/s1. The van der Waals surface area contributed by atoms with Gasteiger partial charge in [-0.2, -0.15) is 0 Å².